The van der Waals surface area contributed by atoms with Crippen LogP contribution in [0.15, 0.2) is 29.2 Å². The van der Waals surface area contributed by atoms with Crippen molar-refractivity contribution >= 4 is 11.8 Å². The van der Waals surface area contributed by atoms with Gasteiger partial charge >= 0.3 is 0 Å². The molecule has 2 rings (SSSR count). The van der Waals surface area contributed by atoms with Crippen LogP contribution >= 0.6 is 11.8 Å². The molecule has 0 saturated heterocycles. The Balaban J connectivity index is 2.00. The van der Waals surface area contributed by atoms with E-state index in [0.717, 1.165) is 4.90 Å². The molecule has 16 heavy (non-hydrogen) atoms. The first-order chi connectivity index (χ1) is 7.70. The van der Waals surface area contributed by atoms with Crippen molar-refractivity contribution in [2.45, 2.75) is 36.0 Å². The summed E-state index contributed by atoms with van der Waals surface area (Å²) in [4.78, 5) is 1.05. The second-order valence-electron chi connectivity index (χ2n) is 4.45. The zero-order chi connectivity index (χ0) is 11.5. The molecule has 3 heteroatoms. The number of thioether (sulfide) groups is 1. The molecular weight excluding hydrogens is 221 g/mol. The van der Waals surface area contributed by atoms with Crippen molar-refractivity contribution < 1.29 is 4.39 Å². The molecule has 3 atom stereocenters. The van der Waals surface area contributed by atoms with Gasteiger partial charge < -0.3 is 5.32 Å². The third-order valence-corrected chi connectivity index (χ3v) is 4.93. The molecule has 1 fully saturated rings. The molecule has 1 aromatic carbocycles. The SMILES string of the molecule is CNC1CCC(Sc2cccc(F)c2)C1C. The minimum atomic E-state index is -0.138. The maximum atomic E-state index is 13.1. The lowest BCUT2D eigenvalue weighted by atomic mass is 10.1. The lowest BCUT2D eigenvalue weighted by Crippen LogP contribution is -2.29. The summed E-state index contributed by atoms with van der Waals surface area (Å²) in [6.07, 6.45) is 2.44. The number of halogens is 1. The van der Waals surface area contributed by atoms with Crippen LogP contribution in [0.25, 0.3) is 0 Å². The molecule has 1 N–H and O–H groups in total. The van der Waals surface area contributed by atoms with Gasteiger partial charge in [0.25, 0.3) is 0 Å². The summed E-state index contributed by atoms with van der Waals surface area (Å²) in [5.74, 6) is 0.513. The number of benzene rings is 1. The lowest BCUT2D eigenvalue weighted by molar-refractivity contribution is 0.464. The Morgan fingerprint density at radius 2 is 2.19 bits per heavy atom. The molecule has 1 aliphatic rings. The van der Waals surface area contributed by atoms with Gasteiger partial charge in [0.2, 0.25) is 0 Å². The van der Waals surface area contributed by atoms with Gasteiger partial charge in [0.15, 0.2) is 0 Å². The van der Waals surface area contributed by atoms with E-state index in [-0.39, 0.29) is 5.82 Å². The van der Waals surface area contributed by atoms with Crippen molar-refractivity contribution in [2.75, 3.05) is 7.05 Å². The smallest absolute Gasteiger partial charge is 0.124 e. The van der Waals surface area contributed by atoms with E-state index >= 15 is 0 Å². The third-order valence-electron chi connectivity index (χ3n) is 3.44. The van der Waals surface area contributed by atoms with Gasteiger partial charge in [-0.3, -0.25) is 0 Å². The van der Waals surface area contributed by atoms with E-state index in [4.69, 9.17) is 0 Å². The quantitative estimate of drug-likeness (QED) is 0.868. The Kier molecular flexibility index (Phi) is 3.87. The highest BCUT2D eigenvalue weighted by molar-refractivity contribution is 8.00. The summed E-state index contributed by atoms with van der Waals surface area (Å²) < 4.78 is 13.1. The molecule has 1 saturated carbocycles. The summed E-state index contributed by atoms with van der Waals surface area (Å²) >= 11 is 1.81. The van der Waals surface area contributed by atoms with Crippen LogP contribution in [0.3, 0.4) is 0 Å². The molecule has 3 unspecified atom stereocenters. The highest BCUT2D eigenvalue weighted by atomic mass is 32.2. The fraction of sp³-hybridized carbons (Fsp3) is 0.538. The van der Waals surface area contributed by atoms with Crippen molar-refractivity contribution in [3.05, 3.63) is 30.1 Å². The van der Waals surface area contributed by atoms with Gasteiger partial charge in [0, 0.05) is 16.2 Å². The molecule has 0 heterocycles. The molecule has 0 aromatic heterocycles. The first kappa shape index (κ1) is 11.9. The molecule has 1 nitrogen and oxygen atoms in total. The molecule has 0 aliphatic heterocycles. The van der Waals surface area contributed by atoms with Crippen LogP contribution in [0.5, 0.6) is 0 Å². The van der Waals surface area contributed by atoms with Crippen molar-refractivity contribution in [1.29, 1.82) is 0 Å². The third kappa shape index (κ3) is 2.58. The first-order valence-corrected chi connectivity index (χ1v) is 6.68. The van der Waals surface area contributed by atoms with E-state index in [1.165, 1.54) is 18.9 Å². The molecule has 0 spiro atoms. The summed E-state index contributed by atoms with van der Waals surface area (Å²) in [6, 6.07) is 7.52. The molecule has 88 valence electrons. The minimum Gasteiger partial charge on any atom is -0.317 e. The van der Waals surface area contributed by atoms with Gasteiger partial charge in [0.1, 0.15) is 5.82 Å². The number of nitrogens with one attached hydrogen (secondary N) is 1. The Morgan fingerprint density at radius 3 is 2.81 bits per heavy atom. The zero-order valence-electron chi connectivity index (χ0n) is 9.74. The fourth-order valence-corrected chi connectivity index (χ4v) is 3.76. The topological polar surface area (TPSA) is 12.0 Å². The standard InChI is InChI=1S/C13H18FNS/c1-9-12(15-2)6-7-13(9)16-11-5-3-4-10(14)8-11/h3-5,8-9,12-13,15H,6-7H2,1-2H3. The average molecular weight is 239 g/mol. The van der Waals surface area contributed by atoms with Gasteiger partial charge in [-0.2, -0.15) is 0 Å². The predicted molar refractivity (Wildman–Crippen MR) is 67.3 cm³/mol. The van der Waals surface area contributed by atoms with E-state index in [1.54, 1.807) is 12.1 Å². The Labute approximate surface area is 101 Å². The first-order valence-electron chi connectivity index (χ1n) is 5.80. The van der Waals surface area contributed by atoms with Gasteiger partial charge in [-0.25, -0.2) is 4.39 Å². The molecule has 1 aromatic rings. The Morgan fingerprint density at radius 1 is 1.38 bits per heavy atom. The summed E-state index contributed by atoms with van der Waals surface area (Å²) in [7, 11) is 2.02. The highest BCUT2D eigenvalue weighted by Crippen LogP contribution is 2.38. The molecule has 0 bridgehead atoms. The maximum absolute atomic E-state index is 13.1. The maximum Gasteiger partial charge on any atom is 0.124 e. The van der Waals surface area contributed by atoms with Crippen LogP contribution in [0.4, 0.5) is 4.39 Å². The second kappa shape index (κ2) is 5.19. The van der Waals surface area contributed by atoms with Crippen LogP contribution in [0, 0.1) is 11.7 Å². The van der Waals surface area contributed by atoms with Gasteiger partial charge in [-0.05, 0) is 44.0 Å². The number of hydrogen-bond donors (Lipinski definition) is 1. The van der Waals surface area contributed by atoms with Crippen molar-refractivity contribution in [3.63, 3.8) is 0 Å². The van der Waals surface area contributed by atoms with Crippen molar-refractivity contribution in [2.24, 2.45) is 5.92 Å². The second-order valence-corrected chi connectivity index (χ2v) is 5.76. The zero-order valence-corrected chi connectivity index (χ0v) is 10.6. The number of rotatable bonds is 3. The fourth-order valence-electron chi connectivity index (χ4n) is 2.42. The Hall–Kier alpha value is -0.540. The highest BCUT2D eigenvalue weighted by Gasteiger charge is 2.32. The predicted octanol–water partition coefficient (Wildman–Crippen LogP) is 3.30. The molecule has 1 aliphatic carbocycles. The molecule has 0 amide bonds. The van der Waals surface area contributed by atoms with Crippen molar-refractivity contribution in [1.82, 2.24) is 5.32 Å². The van der Waals surface area contributed by atoms with Gasteiger partial charge in [-0.1, -0.05) is 13.0 Å². The van der Waals surface area contributed by atoms with Crippen LogP contribution in [0.1, 0.15) is 19.8 Å². The van der Waals surface area contributed by atoms with Crippen molar-refractivity contribution in [3.8, 4) is 0 Å². The van der Waals surface area contributed by atoms with E-state index < -0.39 is 0 Å². The van der Waals surface area contributed by atoms with Gasteiger partial charge in [0.05, 0.1) is 0 Å². The largest absolute Gasteiger partial charge is 0.317 e. The average Bonchev–Trinajstić information content (AvgIpc) is 2.60. The van der Waals surface area contributed by atoms with Crippen LogP contribution in [-0.2, 0) is 0 Å². The minimum absolute atomic E-state index is 0.138. The normalized spacial score (nSPS) is 29.6. The van der Waals surface area contributed by atoms with Crippen LogP contribution < -0.4 is 5.32 Å². The summed E-state index contributed by atoms with van der Waals surface area (Å²) in [6.45, 7) is 2.28. The van der Waals surface area contributed by atoms with E-state index in [2.05, 4.69) is 12.2 Å². The monoisotopic (exact) mass is 239 g/mol. The lowest BCUT2D eigenvalue weighted by Gasteiger charge is -2.19. The Bertz CT molecular complexity index is 356. The van der Waals surface area contributed by atoms with Gasteiger partial charge in [-0.15, -0.1) is 11.8 Å². The summed E-state index contributed by atoms with van der Waals surface area (Å²) in [5.41, 5.74) is 0. The molecule has 0 radical (unpaired) electrons. The number of hydrogen-bond acceptors (Lipinski definition) is 2. The van der Waals surface area contributed by atoms with Crippen LogP contribution in [0.2, 0.25) is 0 Å². The van der Waals surface area contributed by atoms with E-state index in [0.29, 0.717) is 17.2 Å². The molecular formula is C13H18FNS. The van der Waals surface area contributed by atoms with Crippen LogP contribution in [-0.4, -0.2) is 18.3 Å². The van der Waals surface area contributed by atoms with E-state index in [9.17, 15) is 4.39 Å². The summed E-state index contributed by atoms with van der Waals surface area (Å²) in [5, 5.41) is 3.96. The van der Waals surface area contributed by atoms with E-state index in [1.807, 2.05) is 24.9 Å².